The fraction of sp³-hybridized carbons (Fsp3) is 0.833. The van der Waals surface area contributed by atoms with Gasteiger partial charge in [0.15, 0.2) is 0 Å². The van der Waals surface area contributed by atoms with Crippen LogP contribution in [0.4, 0.5) is 18.0 Å². The van der Waals surface area contributed by atoms with E-state index < -0.39 is 36.6 Å². The molecule has 0 spiro atoms. The third-order valence-corrected chi connectivity index (χ3v) is 3.90. The van der Waals surface area contributed by atoms with Crippen molar-refractivity contribution in [1.29, 1.82) is 0 Å². The number of carbonyl (C=O) groups is 2. The van der Waals surface area contributed by atoms with E-state index in [9.17, 15) is 22.8 Å². The topological polar surface area (TPSA) is 66.8 Å². The quantitative estimate of drug-likeness (QED) is 0.849. The van der Waals surface area contributed by atoms with Crippen LogP contribution in [0, 0.1) is 5.92 Å². The summed E-state index contributed by atoms with van der Waals surface area (Å²) in [6.07, 6.45) is -3.98. The number of aliphatic carboxylic acids is 1. The van der Waals surface area contributed by atoms with Crippen molar-refractivity contribution >= 4 is 12.1 Å². The maximum absolute atomic E-state index is 12.7. The van der Waals surface area contributed by atoms with Crippen LogP contribution in [-0.2, 0) is 9.53 Å². The second-order valence-electron chi connectivity index (χ2n) is 5.25. The van der Waals surface area contributed by atoms with Crippen molar-refractivity contribution in [2.24, 2.45) is 5.92 Å². The van der Waals surface area contributed by atoms with Gasteiger partial charge in [0.25, 0.3) is 0 Å². The van der Waals surface area contributed by atoms with Gasteiger partial charge in [-0.1, -0.05) is 0 Å². The number of piperidine rings is 1. The third-order valence-electron chi connectivity index (χ3n) is 3.90. The number of rotatable bonds is 2. The van der Waals surface area contributed by atoms with Crippen molar-refractivity contribution in [3.05, 3.63) is 0 Å². The molecule has 2 aliphatic rings. The number of carboxylic acid groups (broad SMARTS) is 1. The second kappa shape index (κ2) is 5.49. The van der Waals surface area contributed by atoms with Gasteiger partial charge >= 0.3 is 18.2 Å². The molecule has 2 unspecified atom stereocenters. The van der Waals surface area contributed by atoms with Crippen LogP contribution >= 0.6 is 0 Å². The maximum Gasteiger partial charge on any atom is 0.410 e. The number of ether oxygens (including phenoxy) is 1. The number of carbonyl (C=O) groups excluding carboxylic acids is 1. The summed E-state index contributed by atoms with van der Waals surface area (Å²) in [5.74, 6) is -3.11. The number of nitrogens with zero attached hydrogens (tertiary/aromatic N) is 1. The molecule has 0 bridgehead atoms. The summed E-state index contributed by atoms with van der Waals surface area (Å²) in [6, 6.07) is -1.47. The van der Waals surface area contributed by atoms with E-state index in [0.29, 0.717) is 0 Å². The molecule has 1 heterocycles. The van der Waals surface area contributed by atoms with Gasteiger partial charge in [0.2, 0.25) is 0 Å². The molecule has 0 aromatic rings. The van der Waals surface area contributed by atoms with Crippen LogP contribution in [0.15, 0.2) is 0 Å². The molecule has 5 nitrogen and oxygen atoms in total. The molecular formula is C12H16F3NO4. The summed E-state index contributed by atoms with van der Waals surface area (Å²) in [7, 11) is 0. The smallest absolute Gasteiger partial charge is 0.410 e. The molecule has 1 aliphatic carbocycles. The van der Waals surface area contributed by atoms with Gasteiger partial charge in [-0.25, -0.2) is 9.59 Å². The summed E-state index contributed by atoms with van der Waals surface area (Å²) >= 11 is 0. The van der Waals surface area contributed by atoms with Gasteiger partial charge in [-0.3, -0.25) is 4.90 Å². The molecule has 2 fully saturated rings. The van der Waals surface area contributed by atoms with Gasteiger partial charge in [-0.2, -0.15) is 13.2 Å². The summed E-state index contributed by atoms with van der Waals surface area (Å²) in [4.78, 5) is 23.8. The zero-order chi connectivity index (χ0) is 14.9. The molecule has 20 heavy (non-hydrogen) atoms. The summed E-state index contributed by atoms with van der Waals surface area (Å²) in [5, 5.41) is 9.03. The molecule has 0 aromatic carbocycles. The number of amides is 1. The lowest BCUT2D eigenvalue weighted by atomic mass is 9.90. The van der Waals surface area contributed by atoms with E-state index in [1.807, 2.05) is 0 Å². The van der Waals surface area contributed by atoms with Gasteiger partial charge in [-0.15, -0.1) is 0 Å². The van der Waals surface area contributed by atoms with E-state index >= 15 is 0 Å². The second-order valence-corrected chi connectivity index (χ2v) is 5.25. The minimum Gasteiger partial charge on any atom is -0.480 e. The Morgan fingerprint density at radius 3 is 2.30 bits per heavy atom. The Kier molecular flexibility index (Phi) is 4.10. The zero-order valence-electron chi connectivity index (χ0n) is 10.7. The number of halogens is 3. The molecule has 114 valence electrons. The van der Waals surface area contributed by atoms with Crippen LogP contribution < -0.4 is 0 Å². The molecule has 1 saturated carbocycles. The summed E-state index contributed by atoms with van der Waals surface area (Å²) < 4.78 is 43.0. The minimum absolute atomic E-state index is 0.225. The lowest BCUT2D eigenvalue weighted by molar-refractivity contribution is -0.191. The highest BCUT2D eigenvalue weighted by molar-refractivity contribution is 5.80. The van der Waals surface area contributed by atoms with Gasteiger partial charge in [0, 0.05) is 6.54 Å². The highest BCUT2D eigenvalue weighted by atomic mass is 19.4. The molecule has 8 heteroatoms. The summed E-state index contributed by atoms with van der Waals surface area (Å²) in [5.41, 5.74) is 0. The molecule has 0 aromatic heterocycles. The van der Waals surface area contributed by atoms with E-state index in [-0.39, 0.29) is 19.1 Å². The lowest BCUT2D eigenvalue weighted by Gasteiger charge is -2.38. The molecule has 0 radical (unpaired) electrons. The number of alkyl halides is 3. The van der Waals surface area contributed by atoms with Crippen molar-refractivity contribution in [3.63, 3.8) is 0 Å². The highest BCUT2D eigenvalue weighted by Crippen LogP contribution is 2.37. The number of hydrogen-bond donors (Lipinski definition) is 1. The van der Waals surface area contributed by atoms with Crippen LogP contribution in [0.5, 0.6) is 0 Å². The number of hydrogen-bond acceptors (Lipinski definition) is 3. The monoisotopic (exact) mass is 295 g/mol. The molecule has 1 saturated heterocycles. The van der Waals surface area contributed by atoms with Crippen molar-refractivity contribution in [1.82, 2.24) is 4.90 Å². The van der Waals surface area contributed by atoms with Gasteiger partial charge in [0.05, 0.1) is 5.92 Å². The van der Waals surface area contributed by atoms with Gasteiger partial charge in [-0.05, 0) is 32.1 Å². The van der Waals surface area contributed by atoms with Crippen LogP contribution in [-0.4, -0.2) is 46.9 Å². The predicted molar refractivity (Wildman–Crippen MR) is 61.0 cm³/mol. The third kappa shape index (κ3) is 3.16. The van der Waals surface area contributed by atoms with Crippen LogP contribution in [0.1, 0.15) is 32.1 Å². The first-order valence-electron chi connectivity index (χ1n) is 6.56. The first kappa shape index (κ1) is 14.9. The summed E-state index contributed by atoms with van der Waals surface area (Å²) in [6.45, 7) is -0.243. The Bertz CT molecular complexity index is 395. The first-order valence-corrected chi connectivity index (χ1v) is 6.56. The van der Waals surface area contributed by atoms with Crippen LogP contribution in [0.3, 0.4) is 0 Å². The molecule has 2 atom stereocenters. The van der Waals surface area contributed by atoms with Gasteiger partial charge < -0.3 is 9.84 Å². The predicted octanol–water partition coefficient (Wildman–Crippen LogP) is 2.40. The van der Waals surface area contributed by atoms with Crippen molar-refractivity contribution < 1.29 is 32.6 Å². The first-order chi connectivity index (χ1) is 9.29. The molecule has 1 aliphatic heterocycles. The highest BCUT2D eigenvalue weighted by Gasteiger charge is 2.48. The lowest BCUT2D eigenvalue weighted by Crippen LogP contribution is -2.53. The molecular weight excluding hydrogens is 279 g/mol. The average Bonchev–Trinajstić information content (AvgIpc) is 2.31. The molecule has 1 N–H and O–H groups in total. The van der Waals surface area contributed by atoms with E-state index in [4.69, 9.17) is 9.84 Å². The van der Waals surface area contributed by atoms with Crippen molar-refractivity contribution in [2.45, 2.75) is 50.4 Å². The fourth-order valence-corrected chi connectivity index (χ4v) is 2.41. The Balaban J connectivity index is 2.01. The number of carboxylic acids is 1. The Hall–Kier alpha value is -1.47. The Morgan fingerprint density at radius 2 is 1.85 bits per heavy atom. The Morgan fingerprint density at radius 1 is 1.20 bits per heavy atom. The SMILES string of the molecule is O=C(O)C1CC(C(F)(F)F)CCN1C(=O)OC1CCC1. The van der Waals surface area contributed by atoms with Crippen molar-refractivity contribution in [3.8, 4) is 0 Å². The van der Waals surface area contributed by atoms with Crippen LogP contribution in [0.2, 0.25) is 0 Å². The van der Waals surface area contributed by atoms with E-state index in [0.717, 1.165) is 24.2 Å². The zero-order valence-corrected chi connectivity index (χ0v) is 10.7. The van der Waals surface area contributed by atoms with E-state index in [1.165, 1.54) is 0 Å². The van der Waals surface area contributed by atoms with E-state index in [1.54, 1.807) is 0 Å². The van der Waals surface area contributed by atoms with Crippen molar-refractivity contribution in [2.75, 3.05) is 6.54 Å². The average molecular weight is 295 g/mol. The molecule has 2 rings (SSSR count). The van der Waals surface area contributed by atoms with E-state index in [2.05, 4.69) is 0 Å². The number of likely N-dealkylation sites (tertiary alicyclic amines) is 1. The normalized spacial score (nSPS) is 27.9. The minimum atomic E-state index is -4.43. The maximum atomic E-state index is 12.7. The molecule has 1 amide bonds. The fourth-order valence-electron chi connectivity index (χ4n) is 2.41. The largest absolute Gasteiger partial charge is 0.480 e. The van der Waals surface area contributed by atoms with Gasteiger partial charge in [0.1, 0.15) is 12.1 Å². The van der Waals surface area contributed by atoms with Crippen LogP contribution in [0.25, 0.3) is 0 Å². The Labute approximate surface area is 113 Å². The standard InChI is InChI=1S/C12H16F3NO4/c13-12(14,15)7-4-5-16(9(6-7)10(17)18)11(19)20-8-2-1-3-8/h7-9H,1-6H2,(H,17,18).